The Balaban J connectivity index is 2.33. The van der Waals surface area contributed by atoms with E-state index >= 15 is 0 Å². The summed E-state index contributed by atoms with van der Waals surface area (Å²) in [6.07, 6.45) is 0. The summed E-state index contributed by atoms with van der Waals surface area (Å²) in [6.45, 7) is 4.65. The van der Waals surface area contributed by atoms with Crippen molar-refractivity contribution in [2.24, 2.45) is 5.73 Å². The Kier molecular flexibility index (Phi) is 4.69. The number of anilines is 1. The molecule has 2 nitrogen and oxygen atoms in total. The minimum absolute atomic E-state index is 0.120. The summed E-state index contributed by atoms with van der Waals surface area (Å²) in [5.41, 5.74) is 10.6. The van der Waals surface area contributed by atoms with Crippen molar-refractivity contribution >= 4 is 17.3 Å². The van der Waals surface area contributed by atoms with Crippen molar-refractivity contribution in [1.82, 2.24) is 0 Å². The number of likely N-dealkylation sites (N-methyl/N-ethyl adjacent to an activating group) is 1. The van der Waals surface area contributed by atoms with Gasteiger partial charge in [-0.2, -0.15) is 0 Å². The van der Waals surface area contributed by atoms with E-state index in [1.165, 1.54) is 5.56 Å². The SMILES string of the molecule is Cc1cccc(N(C)C(CN)c2ccc(C)c(Cl)c2)c1. The molecule has 2 rings (SSSR count). The minimum atomic E-state index is 0.120. The Morgan fingerprint density at radius 2 is 1.90 bits per heavy atom. The fourth-order valence-electron chi connectivity index (χ4n) is 2.36. The van der Waals surface area contributed by atoms with E-state index in [1.807, 2.05) is 19.1 Å². The fourth-order valence-corrected chi connectivity index (χ4v) is 2.55. The fraction of sp³-hybridized carbons (Fsp3) is 0.294. The quantitative estimate of drug-likeness (QED) is 0.918. The highest BCUT2D eigenvalue weighted by Crippen LogP contribution is 2.28. The number of hydrogen-bond acceptors (Lipinski definition) is 2. The second-order valence-corrected chi connectivity index (χ2v) is 5.62. The topological polar surface area (TPSA) is 29.3 Å². The van der Waals surface area contributed by atoms with E-state index in [2.05, 4.69) is 49.2 Å². The number of nitrogens with zero attached hydrogens (tertiary/aromatic N) is 1. The number of halogens is 1. The molecule has 0 saturated heterocycles. The molecule has 1 atom stereocenters. The summed E-state index contributed by atoms with van der Waals surface area (Å²) < 4.78 is 0. The van der Waals surface area contributed by atoms with Crippen LogP contribution in [-0.4, -0.2) is 13.6 Å². The monoisotopic (exact) mass is 288 g/mol. The van der Waals surface area contributed by atoms with Gasteiger partial charge in [0.2, 0.25) is 0 Å². The Morgan fingerprint density at radius 1 is 1.15 bits per heavy atom. The van der Waals surface area contributed by atoms with Gasteiger partial charge in [-0.1, -0.05) is 35.9 Å². The second-order valence-electron chi connectivity index (χ2n) is 5.21. The van der Waals surface area contributed by atoms with E-state index < -0.39 is 0 Å². The zero-order valence-electron chi connectivity index (χ0n) is 12.2. The Labute approximate surface area is 126 Å². The normalized spacial score (nSPS) is 12.2. The molecule has 0 bridgehead atoms. The molecule has 0 spiro atoms. The maximum atomic E-state index is 6.23. The van der Waals surface area contributed by atoms with Crippen molar-refractivity contribution in [3.8, 4) is 0 Å². The third kappa shape index (κ3) is 3.14. The van der Waals surface area contributed by atoms with Gasteiger partial charge in [0.25, 0.3) is 0 Å². The summed E-state index contributed by atoms with van der Waals surface area (Å²) in [5.74, 6) is 0. The molecule has 0 radical (unpaired) electrons. The average Bonchev–Trinajstić information content (AvgIpc) is 2.43. The Morgan fingerprint density at radius 3 is 2.50 bits per heavy atom. The number of rotatable bonds is 4. The summed E-state index contributed by atoms with van der Waals surface area (Å²) in [7, 11) is 2.07. The van der Waals surface area contributed by atoms with Gasteiger partial charge in [-0.25, -0.2) is 0 Å². The number of hydrogen-bond donors (Lipinski definition) is 1. The van der Waals surface area contributed by atoms with Crippen LogP contribution in [0.15, 0.2) is 42.5 Å². The standard InChI is InChI=1S/C17H21ClN2/c1-12-5-4-6-15(9-12)20(3)17(11-19)14-8-7-13(2)16(18)10-14/h4-10,17H,11,19H2,1-3H3. The van der Waals surface area contributed by atoms with Crippen LogP contribution in [0.2, 0.25) is 5.02 Å². The van der Waals surface area contributed by atoms with Crippen LogP contribution in [0, 0.1) is 13.8 Å². The van der Waals surface area contributed by atoms with E-state index in [-0.39, 0.29) is 6.04 Å². The summed E-state index contributed by atoms with van der Waals surface area (Å²) in [6, 6.07) is 14.7. The third-order valence-corrected chi connectivity index (χ3v) is 4.09. The van der Waals surface area contributed by atoms with Crippen molar-refractivity contribution in [2.75, 3.05) is 18.5 Å². The molecule has 2 aromatic carbocycles. The highest BCUT2D eigenvalue weighted by molar-refractivity contribution is 6.31. The lowest BCUT2D eigenvalue weighted by molar-refractivity contribution is 0.680. The third-order valence-electron chi connectivity index (χ3n) is 3.68. The van der Waals surface area contributed by atoms with Crippen molar-refractivity contribution < 1.29 is 0 Å². The molecule has 1 unspecified atom stereocenters. The minimum Gasteiger partial charge on any atom is -0.366 e. The summed E-state index contributed by atoms with van der Waals surface area (Å²) in [5, 5.41) is 0.790. The van der Waals surface area contributed by atoms with Crippen LogP contribution in [0.4, 0.5) is 5.69 Å². The lowest BCUT2D eigenvalue weighted by Gasteiger charge is -2.30. The second kappa shape index (κ2) is 6.29. The molecular weight excluding hydrogens is 268 g/mol. The van der Waals surface area contributed by atoms with Gasteiger partial charge in [0.1, 0.15) is 0 Å². The zero-order valence-corrected chi connectivity index (χ0v) is 13.0. The van der Waals surface area contributed by atoms with Crippen LogP contribution in [0.5, 0.6) is 0 Å². The van der Waals surface area contributed by atoms with Gasteiger partial charge in [-0.3, -0.25) is 0 Å². The van der Waals surface area contributed by atoms with Gasteiger partial charge in [-0.15, -0.1) is 0 Å². The van der Waals surface area contributed by atoms with Crippen molar-refractivity contribution in [2.45, 2.75) is 19.9 Å². The van der Waals surface area contributed by atoms with Crippen LogP contribution in [0.25, 0.3) is 0 Å². The van der Waals surface area contributed by atoms with Crippen molar-refractivity contribution in [3.63, 3.8) is 0 Å². The molecule has 2 N–H and O–H groups in total. The van der Waals surface area contributed by atoms with E-state index in [1.54, 1.807) is 0 Å². The molecule has 0 aliphatic carbocycles. The van der Waals surface area contributed by atoms with Crippen LogP contribution in [0.3, 0.4) is 0 Å². The molecule has 2 aromatic rings. The lowest BCUT2D eigenvalue weighted by atomic mass is 10.0. The van der Waals surface area contributed by atoms with Crippen molar-refractivity contribution in [3.05, 3.63) is 64.2 Å². The molecule has 20 heavy (non-hydrogen) atoms. The van der Waals surface area contributed by atoms with Crippen LogP contribution in [0.1, 0.15) is 22.7 Å². The van der Waals surface area contributed by atoms with Gasteiger partial charge < -0.3 is 10.6 Å². The zero-order chi connectivity index (χ0) is 14.7. The predicted octanol–water partition coefficient (Wildman–Crippen LogP) is 4.09. The first-order valence-electron chi connectivity index (χ1n) is 6.78. The Bertz CT molecular complexity index is 595. The number of aryl methyl sites for hydroxylation is 2. The van der Waals surface area contributed by atoms with E-state index in [9.17, 15) is 0 Å². The highest BCUT2D eigenvalue weighted by atomic mass is 35.5. The molecule has 0 aliphatic heterocycles. The number of nitrogens with two attached hydrogens (primary N) is 1. The van der Waals surface area contributed by atoms with E-state index in [0.717, 1.165) is 21.8 Å². The molecule has 0 fully saturated rings. The molecule has 0 aromatic heterocycles. The summed E-state index contributed by atoms with van der Waals surface area (Å²) >= 11 is 6.23. The first-order valence-corrected chi connectivity index (χ1v) is 7.16. The van der Waals surface area contributed by atoms with Crippen LogP contribution in [-0.2, 0) is 0 Å². The maximum absolute atomic E-state index is 6.23. The van der Waals surface area contributed by atoms with E-state index in [4.69, 9.17) is 17.3 Å². The molecule has 0 amide bonds. The predicted molar refractivity (Wildman–Crippen MR) is 87.6 cm³/mol. The molecule has 106 valence electrons. The van der Waals surface area contributed by atoms with Gasteiger partial charge >= 0.3 is 0 Å². The summed E-state index contributed by atoms with van der Waals surface area (Å²) in [4.78, 5) is 2.20. The highest BCUT2D eigenvalue weighted by Gasteiger charge is 2.16. The van der Waals surface area contributed by atoms with E-state index in [0.29, 0.717) is 6.54 Å². The smallest absolute Gasteiger partial charge is 0.0662 e. The molecule has 0 heterocycles. The average molecular weight is 289 g/mol. The van der Waals surface area contributed by atoms with Gasteiger partial charge in [0.15, 0.2) is 0 Å². The largest absolute Gasteiger partial charge is 0.366 e. The molecule has 0 aliphatic rings. The molecule has 3 heteroatoms. The number of benzene rings is 2. The van der Waals surface area contributed by atoms with Crippen LogP contribution < -0.4 is 10.6 Å². The van der Waals surface area contributed by atoms with Gasteiger partial charge in [-0.05, 0) is 48.7 Å². The first kappa shape index (κ1) is 14.9. The van der Waals surface area contributed by atoms with Gasteiger partial charge in [0, 0.05) is 24.3 Å². The Hall–Kier alpha value is -1.51. The maximum Gasteiger partial charge on any atom is 0.0662 e. The van der Waals surface area contributed by atoms with Gasteiger partial charge in [0.05, 0.1) is 6.04 Å². The van der Waals surface area contributed by atoms with Crippen molar-refractivity contribution in [1.29, 1.82) is 0 Å². The van der Waals surface area contributed by atoms with Crippen LogP contribution >= 0.6 is 11.6 Å². The first-order chi connectivity index (χ1) is 9.52. The molecular formula is C17H21ClN2. The lowest BCUT2D eigenvalue weighted by Crippen LogP contribution is -2.30. The molecule has 0 saturated carbocycles.